The Kier molecular flexibility index (Phi) is 8.42. The molecule has 0 saturated heterocycles. The van der Waals surface area contributed by atoms with Crippen LogP contribution in [0.4, 0.5) is 0 Å². The number of fused-ring (bicyclic) bond motifs is 2. The molecule has 0 spiro atoms. The molecule has 0 aromatic carbocycles. The Bertz CT molecular complexity index is 454. The number of rotatable bonds is 11. The van der Waals surface area contributed by atoms with E-state index in [1.54, 1.807) is 0 Å². The zero-order valence-corrected chi connectivity index (χ0v) is 15.7. The van der Waals surface area contributed by atoms with Gasteiger partial charge in [-0.05, 0) is 62.2 Å². The Hall–Kier alpha value is -0.720. The Morgan fingerprint density at radius 1 is 1.33 bits per heavy atom. The quantitative estimate of drug-likeness (QED) is 0.350. The van der Waals surface area contributed by atoms with Crippen LogP contribution >= 0.6 is 0 Å². The lowest BCUT2D eigenvalue weighted by molar-refractivity contribution is -0.140. The Balaban J connectivity index is 1.76. The average molecular weight is 358 g/mol. The van der Waals surface area contributed by atoms with Crippen LogP contribution in [0.3, 0.4) is 0 Å². The SMILES string of the molecule is CCCOS(=O)NCC1[C@@H]2CC[C@@H](C2)[C@@H]1/C=C\CCCC(=O)OC. The van der Waals surface area contributed by atoms with Crippen LogP contribution in [0, 0.1) is 23.7 Å². The fourth-order valence-corrected chi connectivity index (χ4v) is 4.87. The number of unbranched alkanes of at least 4 members (excludes halogenated alkanes) is 1. The van der Waals surface area contributed by atoms with E-state index in [1.165, 1.54) is 26.4 Å². The summed E-state index contributed by atoms with van der Waals surface area (Å²) in [5, 5.41) is 0. The summed E-state index contributed by atoms with van der Waals surface area (Å²) >= 11 is -1.37. The van der Waals surface area contributed by atoms with E-state index in [1.807, 2.05) is 6.92 Å². The van der Waals surface area contributed by atoms with Crippen molar-refractivity contribution in [2.45, 2.75) is 51.9 Å². The van der Waals surface area contributed by atoms with E-state index in [4.69, 9.17) is 4.18 Å². The van der Waals surface area contributed by atoms with Crippen LogP contribution in [0.2, 0.25) is 0 Å². The first-order chi connectivity index (χ1) is 11.7. The van der Waals surface area contributed by atoms with E-state index in [0.29, 0.717) is 24.9 Å². The van der Waals surface area contributed by atoms with Gasteiger partial charge in [-0.2, -0.15) is 0 Å². The molecule has 1 N–H and O–H groups in total. The summed E-state index contributed by atoms with van der Waals surface area (Å²) in [6.45, 7) is 3.29. The van der Waals surface area contributed by atoms with E-state index >= 15 is 0 Å². The molecule has 2 rings (SSSR count). The minimum atomic E-state index is -1.37. The summed E-state index contributed by atoms with van der Waals surface area (Å²) < 4.78 is 24.7. The van der Waals surface area contributed by atoms with Gasteiger partial charge in [0.25, 0.3) is 0 Å². The average Bonchev–Trinajstić information content (AvgIpc) is 3.19. The molecule has 0 aromatic rings. The molecule has 0 aromatic heterocycles. The fourth-order valence-electron chi connectivity index (χ4n) is 4.14. The molecule has 2 aliphatic carbocycles. The number of hydrogen-bond donors (Lipinski definition) is 1. The van der Waals surface area contributed by atoms with E-state index < -0.39 is 11.3 Å². The number of nitrogens with one attached hydrogen (secondary N) is 1. The monoisotopic (exact) mass is 357 g/mol. The summed E-state index contributed by atoms with van der Waals surface area (Å²) in [5.74, 6) is 2.49. The van der Waals surface area contributed by atoms with Gasteiger partial charge in [0.2, 0.25) is 11.3 Å². The van der Waals surface area contributed by atoms with Gasteiger partial charge in [-0.15, -0.1) is 0 Å². The second kappa shape index (κ2) is 10.3. The highest BCUT2D eigenvalue weighted by Crippen LogP contribution is 2.52. The smallest absolute Gasteiger partial charge is 0.305 e. The minimum Gasteiger partial charge on any atom is -0.469 e. The van der Waals surface area contributed by atoms with Gasteiger partial charge in [0.15, 0.2) is 0 Å². The Labute approximate surface area is 148 Å². The lowest BCUT2D eigenvalue weighted by atomic mass is 9.79. The maximum atomic E-state index is 11.8. The van der Waals surface area contributed by atoms with Gasteiger partial charge in [-0.3, -0.25) is 8.98 Å². The van der Waals surface area contributed by atoms with Crippen LogP contribution in [-0.4, -0.2) is 30.4 Å². The van der Waals surface area contributed by atoms with Crippen molar-refractivity contribution < 1.29 is 17.9 Å². The Morgan fingerprint density at radius 2 is 2.12 bits per heavy atom. The summed E-state index contributed by atoms with van der Waals surface area (Å²) in [6.07, 6.45) is 11.6. The van der Waals surface area contributed by atoms with Gasteiger partial charge in [-0.1, -0.05) is 19.1 Å². The predicted molar refractivity (Wildman–Crippen MR) is 95.2 cm³/mol. The molecule has 138 valence electrons. The highest BCUT2D eigenvalue weighted by atomic mass is 32.2. The standard InChI is InChI=1S/C18H31NO4S/c1-3-11-23-24(21)19-13-17-15-10-9-14(12-15)16(17)7-5-4-6-8-18(20)22-2/h5,7,14-17,19H,3-4,6,8-13H2,1-2H3/b7-5-/t14-,15+,16-,17?,24?/m0/s1. The number of hydrogen-bond acceptors (Lipinski definition) is 4. The molecule has 6 heteroatoms. The van der Waals surface area contributed by atoms with Gasteiger partial charge in [0.1, 0.15) is 0 Å². The maximum absolute atomic E-state index is 11.8. The molecule has 2 fully saturated rings. The molecular weight excluding hydrogens is 326 g/mol. The molecule has 5 nitrogen and oxygen atoms in total. The third-order valence-corrected chi connectivity index (χ3v) is 6.11. The number of methoxy groups -OCH3 is 1. The van der Waals surface area contributed by atoms with Crippen LogP contribution in [0.15, 0.2) is 12.2 Å². The second-order valence-corrected chi connectivity index (χ2v) is 7.87. The van der Waals surface area contributed by atoms with Crippen molar-refractivity contribution in [2.24, 2.45) is 23.7 Å². The van der Waals surface area contributed by atoms with E-state index in [-0.39, 0.29) is 5.97 Å². The van der Waals surface area contributed by atoms with Gasteiger partial charge in [-0.25, -0.2) is 8.93 Å². The fraction of sp³-hybridized carbons (Fsp3) is 0.833. The maximum Gasteiger partial charge on any atom is 0.305 e. The largest absolute Gasteiger partial charge is 0.469 e. The van der Waals surface area contributed by atoms with Crippen molar-refractivity contribution in [3.05, 3.63) is 12.2 Å². The number of carbonyl (C=O) groups is 1. The number of allylic oxidation sites excluding steroid dienone is 2. The van der Waals surface area contributed by atoms with E-state index in [0.717, 1.165) is 37.6 Å². The van der Waals surface area contributed by atoms with Crippen LogP contribution in [-0.2, 0) is 25.0 Å². The zero-order chi connectivity index (χ0) is 17.4. The molecule has 24 heavy (non-hydrogen) atoms. The number of ether oxygens (including phenoxy) is 1. The van der Waals surface area contributed by atoms with Crippen molar-refractivity contribution in [2.75, 3.05) is 20.3 Å². The molecular formula is C18H31NO4S. The molecule has 5 atom stereocenters. The molecule has 2 unspecified atom stereocenters. The van der Waals surface area contributed by atoms with Gasteiger partial charge in [0.05, 0.1) is 13.7 Å². The third kappa shape index (κ3) is 5.67. The summed E-state index contributed by atoms with van der Waals surface area (Å²) in [4.78, 5) is 11.1. The van der Waals surface area contributed by atoms with Crippen molar-refractivity contribution in [3.8, 4) is 0 Å². The highest BCUT2D eigenvalue weighted by molar-refractivity contribution is 7.78. The van der Waals surface area contributed by atoms with E-state index in [9.17, 15) is 9.00 Å². The lowest BCUT2D eigenvalue weighted by Gasteiger charge is -2.29. The van der Waals surface area contributed by atoms with Crippen LogP contribution in [0.1, 0.15) is 51.9 Å². The number of esters is 1. The normalized spacial score (nSPS) is 30.1. The van der Waals surface area contributed by atoms with Gasteiger partial charge in [0, 0.05) is 13.0 Å². The van der Waals surface area contributed by atoms with Crippen LogP contribution in [0.25, 0.3) is 0 Å². The van der Waals surface area contributed by atoms with Crippen molar-refractivity contribution in [3.63, 3.8) is 0 Å². The van der Waals surface area contributed by atoms with Crippen molar-refractivity contribution >= 4 is 17.2 Å². The minimum absolute atomic E-state index is 0.139. The molecule has 0 radical (unpaired) electrons. The first kappa shape index (κ1) is 19.6. The van der Waals surface area contributed by atoms with Crippen molar-refractivity contribution in [1.82, 2.24) is 4.72 Å². The van der Waals surface area contributed by atoms with Crippen molar-refractivity contribution in [1.29, 1.82) is 0 Å². The first-order valence-electron chi connectivity index (χ1n) is 9.17. The Morgan fingerprint density at radius 3 is 2.88 bits per heavy atom. The first-order valence-corrected chi connectivity index (χ1v) is 10.2. The number of carbonyl (C=O) groups excluding carboxylic acids is 1. The summed E-state index contributed by atoms with van der Waals surface area (Å²) in [7, 11) is 1.43. The topological polar surface area (TPSA) is 64.6 Å². The summed E-state index contributed by atoms with van der Waals surface area (Å²) in [5.41, 5.74) is 0. The molecule has 2 saturated carbocycles. The highest BCUT2D eigenvalue weighted by Gasteiger charge is 2.45. The molecule has 2 bridgehead atoms. The molecule has 0 aliphatic heterocycles. The van der Waals surface area contributed by atoms with Gasteiger partial charge < -0.3 is 4.74 Å². The zero-order valence-electron chi connectivity index (χ0n) is 14.9. The summed E-state index contributed by atoms with van der Waals surface area (Å²) in [6, 6.07) is 0. The van der Waals surface area contributed by atoms with Crippen LogP contribution < -0.4 is 4.72 Å². The molecule has 2 aliphatic rings. The van der Waals surface area contributed by atoms with Gasteiger partial charge >= 0.3 is 5.97 Å². The van der Waals surface area contributed by atoms with E-state index in [2.05, 4.69) is 21.6 Å². The molecule has 0 heterocycles. The van der Waals surface area contributed by atoms with Crippen LogP contribution in [0.5, 0.6) is 0 Å². The molecule has 0 amide bonds. The third-order valence-electron chi connectivity index (χ3n) is 5.33. The lowest BCUT2D eigenvalue weighted by Crippen LogP contribution is -2.33. The predicted octanol–water partition coefficient (Wildman–Crippen LogP) is 3.14. The second-order valence-electron chi connectivity index (χ2n) is 6.88.